The molecule has 130 valence electrons. The van der Waals surface area contributed by atoms with Gasteiger partial charge in [0.15, 0.2) is 5.76 Å². The zero-order chi connectivity index (χ0) is 16.6. The lowest BCUT2D eigenvalue weighted by atomic mass is 9.96. The Morgan fingerprint density at radius 3 is 2.83 bits per heavy atom. The minimum Gasteiger partial charge on any atom is -0.451 e. The molecule has 2 N–H and O–H groups in total. The second kappa shape index (κ2) is 7.19. The number of carbonyl (C=O) groups excluding carboxylic acids is 1. The Bertz CT molecular complexity index is 759. The van der Waals surface area contributed by atoms with E-state index in [1.165, 1.54) is 18.2 Å². The van der Waals surface area contributed by atoms with Crippen molar-refractivity contribution in [2.45, 2.75) is 38.3 Å². The number of piperidine rings is 1. The number of nitro groups is 1. The van der Waals surface area contributed by atoms with E-state index in [1.54, 1.807) is 11.0 Å². The maximum Gasteiger partial charge on any atom is 0.289 e. The molecule has 2 atom stereocenters. The summed E-state index contributed by atoms with van der Waals surface area (Å²) in [6.45, 7) is 2.56. The number of halogens is 1. The van der Waals surface area contributed by atoms with Crippen LogP contribution in [-0.4, -0.2) is 34.4 Å². The van der Waals surface area contributed by atoms with Gasteiger partial charge < -0.3 is 15.1 Å². The molecule has 2 unspecified atom stereocenters. The Morgan fingerprint density at radius 1 is 1.42 bits per heavy atom. The van der Waals surface area contributed by atoms with E-state index < -0.39 is 4.92 Å². The smallest absolute Gasteiger partial charge is 0.289 e. The van der Waals surface area contributed by atoms with Crippen LogP contribution in [-0.2, 0) is 0 Å². The highest BCUT2D eigenvalue weighted by Gasteiger charge is 2.31. The number of amides is 1. The van der Waals surface area contributed by atoms with Gasteiger partial charge in [0, 0.05) is 36.1 Å². The lowest BCUT2D eigenvalue weighted by molar-refractivity contribution is -0.384. The maximum atomic E-state index is 12.7. The van der Waals surface area contributed by atoms with Gasteiger partial charge >= 0.3 is 0 Å². The quantitative estimate of drug-likeness (QED) is 0.674. The summed E-state index contributed by atoms with van der Waals surface area (Å²) in [5.41, 5.74) is 6.44. The monoisotopic (exact) mass is 353 g/mol. The Morgan fingerprint density at radius 2 is 2.17 bits per heavy atom. The average molecular weight is 354 g/mol. The molecule has 0 radical (unpaired) electrons. The summed E-state index contributed by atoms with van der Waals surface area (Å²) >= 11 is 0. The Labute approximate surface area is 145 Å². The number of likely N-dealkylation sites (tertiary alicyclic amines) is 1. The van der Waals surface area contributed by atoms with Crippen LogP contribution >= 0.6 is 12.4 Å². The third kappa shape index (κ3) is 3.37. The first-order chi connectivity index (χ1) is 11.0. The molecular formula is C16H20ClN3O4. The van der Waals surface area contributed by atoms with Gasteiger partial charge in [-0.25, -0.2) is 0 Å². The number of hydrogen-bond donors (Lipinski definition) is 1. The van der Waals surface area contributed by atoms with E-state index >= 15 is 0 Å². The molecule has 0 aliphatic carbocycles. The number of nitrogens with two attached hydrogens (primary N) is 1. The van der Waals surface area contributed by atoms with E-state index in [-0.39, 0.29) is 41.8 Å². The molecule has 0 spiro atoms. The zero-order valence-electron chi connectivity index (χ0n) is 13.3. The summed E-state index contributed by atoms with van der Waals surface area (Å²) in [5, 5.41) is 11.4. The number of benzene rings is 1. The number of hydrogen-bond acceptors (Lipinski definition) is 5. The van der Waals surface area contributed by atoms with Crippen LogP contribution in [0.4, 0.5) is 5.69 Å². The van der Waals surface area contributed by atoms with Gasteiger partial charge in [0.25, 0.3) is 11.6 Å². The van der Waals surface area contributed by atoms with Gasteiger partial charge in [0.05, 0.1) is 4.92 Å². The average Bonchev–Trinajstić information content (AvgIpc) is 2.97. The molecule has 1 amide bonds. The normalized spacial score (nSPS) is 18.9. The molecule has 0 bridgehead atoms. The van der Waals surface area contributed by atoms with Gasteiger partial charge in [0.2, 0.25) is 0 Å². The number of furan rings is 1. The summed E-state index contributed by atoms with van der Waals surface area (Å²) in [5.74, 6) is -0.00102. The molecule has 1 aromatic carbocycles. The molecule has 1 aromatic heterocycles. The van der Waals surface area contributed by atoms with Crippen molar-refractivity contribution in [2.75, 3.05) is 6.54 Å². The van der Waals surface area contributed by atoms with Crippen molar-refractivity contribution in [3.63, 3.8) is 0 Å². The summed E-state index contributed by atoms with van der Waals surface area (Å²) in [7, 11) is 0. The Balaban J connectivity index is 0.00000208. The molecule has 24 heavy (non-hydrogen) atoms. The highest BCUT2D eigenvalue weighted by atomic mass is 35.5. The first kappa shape index (κ1) is 18.2. The van der Waals surface area contributed by atoms with Crippen LogP contribution in [0.3, 0.4) is 0 Å². The molecule has 2 aromatic rings. The van der Waals surface area contributed by atoms with E-state index in [4.69, 9.17) is 10.2 Å². The molecular weight excluding hydrogens is 334 g/mol. The fourth-order valence-corrected chi connectivity index (χ4v) is 3.15. The second-order valence-electron chi connectivity index (χ2n) is 6.01. The van der Waals surface area contributed by atoms with E-state index in [0.29, 0.717) is 17.5 Å². The van der Waals surface area contributed by atoms with Gasteiger partial charge in [0.1, 0.15) is 5.58 Å². The number of nitrogens with zero attached hydrogens (tertiary/aromatic N) is 2. The molecule has 1 aliphatic heterocycles. The van der Waals surface area contributed by atoms with Crippen molar-refractivity contribution in [1.82, 2.24) is 4.90 Å². The molecule has 1 aliphatic rings. The lowest BCUT2D eigenvalue weighted by Gasteiger charge is -2.37. The van der Waals surface area contributed by atoms with Crippen LogP contribution in [0.15, 0.2) is 28.7 Å². The summed E-state index contributed by atoms with van der Waals surface area (Å²) in [4.78, 5) is 24.9. The number of fused-ring (bicyclic) bond motifs is 1. The van der Waals surface area contributed by atoms with Crippen LogP contribution in [0, 0.1) is 10.1 Å². The van der Waals surface area contributed by atoms with Crippen LogP contribution in [0.2, 0.25) is 0 Å². The number of rotatable bonds is 3. The van der Waals surface area contributed by atoms with Crippen molar-refractivity contribution in [3.05, 3.63) is 40.1 Å². The molecule has 7 nitrogen and oxygen atoms in total. The van der Waals surface area contributed by atoms with Crippen molar-refractivity contribution >= 4 is 35.0 Å². The third-order valence-corrected chi connectivity index (χ3v) is 4.34. The molecule has 1 saturated heterocycles. The van der Waals surface area contributed by atoms with Crippen LogP contribution in [0.25, 0.3) is 11.0 Å². The summed E-state index contributed by atoms with van der Waals surface area (Å²) in [6, 6.07) is 5.75. The standard InChI is InChI=1S/C16H19N3O4.ClH/c1-10(17)13-4-2-3-7-18(13)16(20)15-9-11-8-12(19(21)22)5-6-14(11)23-15;/h5-6,8-10,13H,2-4,7,17H2,1H3;1H. The van der Waals surface area contributed by atoms with Crippen LogP contribution in [0.1, 0.15) is 36.7 Å². The highest BCUT2D eigenvalue weighted by molar-refractivity contribution is 5.96. The fourth-order valence-electron chi connectivity index (χ4n) is 3.15. The predicted molar refractivity (Wildman–Crippen MR) is 92.4 cm³/mol. The minimum atomic E-state index is -0.468. The molecule has 3 rings (SSSR count). The fraction of sp³-hybridized carbons (Fsp3) is 0.438. The van der Waals surface area contributed by atoms with Gasteiger partial charge in [-0.1, -0.05) is 0 Å². The number of non-ortho nitro benzene ring substituents is 1. The van der Waals surface area contributed by atoms with E-state index in [0.717, 1.165) is 19.3 Å². The van der Waals surface area contributed by atoms with Gasteiger partial charge in [-0.2, -0.15) is 0 Å². The lowest BCUT2D eigenvalue weighted by Crippen LogP contribution is -2.51. The van der Waals surface area contributed by atoms with Crippen LogP contribution in [0.5, 0.6) is 0 Å². The number of nitro benzene ring substituents is 1. The van der Waals surface area contributed by atoms with Crippen molar-refractivity contribution in [3.8, 4) is 0 Å². The molecule has 2 heterocycles. The first-order valence-corrected chi connectivity index (χ1v) is 7.72. The van der Waals surface area contributed by atoms with E-state index in [1.807, 2.05) is 6.92 Å². The maximum absolute atomic E-state index is 12.7. The Kier molecular flexibility index (Phi) is 5.46. The predicted octanol–water partition coefficient (Wildman–Crippen LogP) is 3.10. The largest absolute Gasteiger partial charge is 0.451 e. The third-order valence-electron chi connectivity index (χ3n) is 4.34. The minimum absolute atomic E-state index is 0. The van der Waals surface area contributed by atoms with Gasteiger partial charge in [-0.3, -0.25) is 14.9 Å². The van der Waals surface area contributed by atoms with Crippen molar-refractivity contribution in [1.29, 1.82) is 0 Å². The van der Waals surface area contributed by atoms with E-state index in [2.05, 4.69) is 0 Å². The Hall–Kier alpha value is -2.12. The molecule has 8 heteroatoms. The number of carbonyl (C=O) groups is 1. The summed E-state index contributed by atoms with van der Waals surface area (Å²) in [6.07, 6.45) is 2.89. The molecule has 0 saturated carbocycles. The van der Waals surface area contributed by atoms with E-state index in [9.17, 15) is 14.9 Å². The topological polar surface area (TPSA) is 103 Å². The van der Waals surface area contributed by atoms with Crippen molar-refractivity contribution in [2.24, 2.45) is 5.73 Å². The van der Waals surface area contributed by atoms with Crippen LogP contribution < -0.4 is 5.73 Å². The SMILES string of the molecule is CC(N)C1CCCCN1C(=O)c1cc2cc([N+](=O)[O-])ccc2o1.Cl. The zero-order valence-corrected chi connectivity index (χ0v) is 14.1. The molecule has 1 fully saturated rings. The summed E-state index contributed by atoms with van der Waals surface area (Å²) < 4.78 is 5.59. The van der Waals surface area contributed by atoms with Gasteiger partial charge in [-0.05, 0) is 38.3 Å². The van der Waals surface area contributed by atoms with Gasteiger partial charge in [-0.15, -0.1) is 12.4 Å². The second-order valence-corrected chi connectivity index (χ2v) is 6.01. The highest BCUT2D eigenvalue weighted by Crippen LogP contribution is 2.27. The van der Waals surface area contributed by atoms with Crippen molar-refractivity contribution < 1.29 is 14.1 Å². The first-order valence-electron chi connectivity index (χ1n) is 7.72.